The SMILES string of the molecule is [2H]C(c1ccc(-c2ccc3c(cnn3C)c2)cc1F)N(C(=O)C1CCCCC1)c1cc(F)cc(/C=C/C(=O)OC)c1. The Labute approximate surface area is 233 Å². The van der Waals surface area contributed by atoms with Crippen LogP contribution in [0.2, 0.25) is 0 Å². The van der Waals surface area contributed by atoms with Crippen LogP contribution in [-0.2, 0) is 27.9 Å². The van der Waals surface area contributed by atoms with Crippen LogP contribution in [0.1, 0.15) is 44.6 Å². The van der Waals surface area contributed by atoms with E-state index in [1.807, 2.05) is 25.2 Å². The maximum Gasteiger partial charge on any atom is 0.330 e. The predicted molar refractivity (Wildman–Crippen MR) is 151 cm³/mol. The van der Waals surface area contributed by atoms with Crippen molar-refractivity contribution in [3.8, 4) is 11.1 Å². The van der Waals surface area contributed by atoms with Crippen molar-refractivity contribution >= 4 is 34.5 Å². The third-order valence-electron chi connectivity index (χ3n) is 7.34. The molecule has 1 aliphatic carbocycles. The number of carbonyl (C=O) groups excluding carboxylic acids is 2. The number of amides is 1. The summed E-state index contributed by atoms with van der Waals surface area (Å²) in [6, 6.07) is 14.2. The Kier molecular flexibility index (Phi) is 7.66. The first-order valence-corrected chi connectivity index (χ1v) is 13.3. The van der Waals surface area contributed by atoms with Gasteiger partial charge in [0.25, 0.3) is 0 Å². The van der Waals surface area contributed by atoms with Gasteiger partial charge in [-0.2, -0.15) is 5.10 Å². The van der Waals surface area contributed by atoms with E-state index in [1.54, 1.807) is 16.9 Å². The Morgan fingerprint density at radius 3 is 2.58 bits per heavy atom. The second kappa shape index (κ2) is 11.8. The topological polar surface area (TPSA) is 64.4 Å². The molecule has 0 saturated heterocycles. The zero-order valence-corrected chi connectivity index (χ0v) is 22.4. The van der Waals surface area contributed by atoms with Crippen LogP contribution in [0.25, 0.3) is 28.1 Å². The van der Waals surface area contributed by atoms with E-state index < -0.39 is 24.1 Å². The molecule has 40 heavy (non-hydrogen) atoms. The van der Waals surface area contributed by atoms with E-state index in [9.17, 15) is 14.0 Å². The number of methoxy groups -OCH3 is 1. The van der Waals surface area contributed by atoms with E-state index in [4.69, 9.17) is 1.37 Å². The zero-order chi connectivity index (χ0) is 29.1. The first-order chi connectivity index (χ1) is 19.7. The highest BCUT2D eigenvalue weighted by Crippen LogP contribution is 2.31. The highest BCUT2D eigenvalue weighted by Gasteiger charge is 2.28. The number of rotatable bonds is 7. The molecule has 0 spiro atoms. The van der Waals surface area contributed by atoms with Gasteiger partial charge in [0, 0.05) is 35.7 Å². The molecule has 5 rings (SSSR count). The molecule has 8 heteroatoms. The number of fused-ring (bicyclic) bond motifs is 1. The summed E-state index contributed by atoms with van der Waals surface area (Å²) in [6.07, 6.45) is 8.36. The van der Waals surface area contributed by atoms with Crippen LogP contribution in [-0.4, -0.2) is 28.8 Å². The van der Waals surface area contributed by atoms with Crippen molar-refractivity contribution in [3.05, 3.63) is 89.6 Å². The van der Waals surface area contributed by atoms with Gasteiger partial charge in [-0.05, 0) is 72.0 Å². The van der Waals surface area contributed by atoms with Crippen LogP contribution in [0.3, 0.4) is 0 Å². The summed E-state index contributed by atoms with van der Waals surface area (Å²) in [7, 11) is 3.08. The third kappa shape index (κ3) is 5.96. The lowest BCUT2D eigenvalue weighted by molar-refractivity contribution is -0.134. The van der Waals surface area contributed by atoms with Gasteiger partial charge in [0.2, 0.25) is 5.91 Å². The molecular formula is C32H31F2N3O3. The van der Waals surface area contributed by atoms with Gasteiger partial charge in [0.05, 0.1) is 26.7 Å². The number of aromatic nitrogens is 2. The molecule has 1 heterocycles. The van der Waals surface area contributed by atoms with Gasteiger partial charge < -0.3 is 9.64 Å². The number of hydrogen-bond acceptors (Lipinski definition) is 4. The predicted octanol–water partition coefficient (Wildman–Crippen LogP) is 6.82. The standard InChI is InChI=1S/C32H31F2N3O3/c1-36-30-12-11-23(16-26(30)19-35-36)24-9-10-25(29(34)17-24)20-37(32(39)22-6-4-3-5-7-22)28-15-21(14-27(33)18-28)8-13-31(38)40-2/h8-19,22H,3-7,20H2,1-2H3/b13-8+/i20D. The number of aryl methyl sites for hydroxylation is 1. The molecule has 0 radical (unpaired) electrons. The van der Waals surface area contributed by atoms with Gasteiger partial charge in [-0.1, -0.05) is 37.5 Å². The fourth-order valence-corrected chi connectivity index (χ4v) is 5.17. The van der Waals surface area contributed by atoms with Crippen LogP contribution < -0.4 is 4.90 Å². The number of nitrogens with zero attached hydrogens (tertiary/aromatic N) is 3. The number of anilines is 1. The molecule has 3 aromatic carbocycles. The van der Waals surface area contributed by atoms with Crippen LogP contribution in [0.5, 0.6) is 0 Å². The summed E-state index contributed by atoms with van der Waals surface area (Å²) in [5.41, 5.74) is 2.78. The van der Waals surface area contributed by atoms with Crippen LogP contribution >= 0.6 is 0 Å². The summed E-state index contributed by atoms with van der Waals surface area (Å²) in [5.74, 6) is -2.60. The molecular weight excluding hydrogens is 512 g/mol. The van der Waals surface area contributed by atoms with Crippen LogP contribution in [0, 0.1) is 17.6 Å². The minimum Gasteiger partial charge on any atom is -0.466 e. The lowest BCUT2D eigenvalue weighted by Crippen LogP contribution is -2.37. The molecule has 6 nitrogen and oxygen atoms in total. The quantitative estimate of drug-likeness (QED) is 0.189. The maximum absolute atomic E-state index is 15.7. The van der Waals surface area contributed by atoms with E-state index >= 15 is 4.39 Å². The minimum atomic E-state index is -1.46. The largest absolute Gasteiger partial charge is 0.466 e. The van der Waals surface area contributed by atoms with Crippen molar-refractivity contribution in [2.45, 2.75) is 38.6 Å². The Bertz CT molecular complexity index is 1630. The monoisotopic (exact) mass is 544 g/mol. The second-order valence-electron chi connectivity index (χ2n) is 10.0. The summed E-state index contributed by atoms with van der Waals surface area (Å²) >= 11 is 0. The number of ether oxygens (including phenoxy) is 1. The van der Waals surface area contributed by atoms with Crippen molar-refractivity contribution in [1.82, 2.24) is 9.78 Å². The van der Waals surface area contributed by atoms with Crippen LogP contribution in [0.15, 0.2) is 66.9 Å². The third-order valence-corrected chi connectivity index (χ3v) is 7.34. The van der Waals surface area contributed by atoms with Crippen molar-refractivity contribution < 1.29 is 24.5 Å². The molecule has 1 aromatic heterocycles. The minimum absolute atomic E-state index is 0.00345. The smallest absolute Gasteiger partial charge is 0.330 e. The van der Waals surface area contributed by atoms with E-state index in [2.05, 4.69) is 9.84 Å². The van der Waals surface area contributed by atoms with Gasteiger partial charge >= 0.3 is 5.97 Å². The molecule has 1 aliphatic rings. The lowest BCUT2D eigenvalue weighted by Gasteiger charge is -2.30. The van der Waals surface area contributed by atoms with Gasteiger partial charge in [0.15, 0.2) is 0 Å². The number of hydrogen-bond donors (Lipinski definition) is 0. The van der Waals surface area contributed by atoms with Crippen molar-refractivity contribution in [1.29, 1.82) is 0 Å². The Balaban J connectivity index is 1.52. The summed E-state index contributed by atoms with van der Waals surface area (Å²) in [6.45, 7) is -1.46. The Morgan fingerprint density at radius 1 is 1.07 bits per heavy atom. The number of benzene rings is 3. The van der Waals surface area contributed by atoms with Crippen molar-refractivity contribution in [2.24, 2.45) is 13.0 Å². The molecule has 4 aromatic rings. The van der Waals surface area contributed by atoms with E-state index in [-0.39, 0.29) is 23.1 Å². The molecule has 0 N–H and O–H groups in total. The first kappa shape index (κ1) is 25.9. The Hall–Kier alpha value is -4.33. The average molecular weight is 545 g/mol. The molecule has 1 atom stereocenters. The second-order valence-corrected chi connectivity index (χ2v) is 10.0. The fourth-order valence-electron chi connectivity index (χ4n) is 5.17. The number of esters is 1. The molecule has 206 valence electrons. The highest BCUT2D eigenvalue weighted by molar-refractivity contribution is 5.95. The van der Waals surface area contributed by atoms with E-state index in [0.717, 1.165) is 47.9 Å². The van der Waals surface area contributed by atoms with Crippen LogP contribution in [0.4, 0.5) is 14.5 Å². The van der Waals surface area contributed by atoms with Crippen molar-refractivity contribution in [3.63, 3.8) is 0 Å². The highest BCUT2D eigenvalue weighted by atomic mass is 19.1. The summed E-state index contributed by atoms with van der Waals surface area (Å²) < 4.78 is 45.9. The normalized spacial score (nSPS) is 15.2. The van der Waals surface area contributed by atoms with Gasteiger partial charge in [-0.25, -0.2) is 13.6 Å². The van der Waals surface area contributed by atoms with Crippen molar-refractivity contribution in [2.75, 3.05) is 12.0 Å². The van der Waals surface area contributed by atoms with Gasteiger partial charge in [-0.3, -0.25) is 9.48 Å². The molecule has 1 unspecified atom stereocenters. The average Bonchev–Trinajstić information content (AvgIpc) is 3.35. The van der Waals surface area contributed by atoms with E-state index in [0.29, 0.717) is 24.0 Å². The summed E-state index contributed by atoms with van der Waals surface area (Å²) in [5, 5.41) is 5.17. The zero-order valence-electron chi connectivity index (χ0n) is 23.4. The Morgan fingerprint density at radius 2 is 1.82 bits per heavy atom. The molecule has 1 fully saturated rings. The van der Waals surface area contributed by atoms with Gasteiger partial charge in [0.1, 0.15) is 11.6 Å². The lowest BCUT2D eigenvalue weighted by atomic mass is 9.88. The summed E-state index contributed by atoms with van der Waals surface area (Å²) in [4.78, 5) is 26.6. The molecule has 1 amide bonds. The van der Waals surface area contributed by atoms with E-state index in [1.165, 1.54) is 42.4 Å². The maximum atomic E-state index is 15.7. The molecule has 1 saturated carbocycles. The fraction of sp³-hybridized carbons (Fsp3) is 0.281. The number of carbonyl (C=O) groups is 2. The molecule has 0 aliphatic heterocycles. The molecule has 0 bridgehead atoms. The van der Waals surface area contributed by atoms with Gasteiger partial charge in [-0.15, -0.1) is 0 Å². The number of halogens is 2. The first-order valence-electron chi connectivity index (χ1n) is 13.9.